The topological polar surface area (TPSA) is 62.2 Å². The van der Waals surface area contributed by atoms with Gasteiger partial charge < -0.3 is 14.6 Å². The summed E-state index contributed by atoms with van der Waals surface area (Å²) in [5, 5.41) is 11.8. The normalized spacial score (nSPS) is 11.5. The Hall–Kier alpha value is -2.66. The van der Waals surface area contributed by atoms with Crippen LogP contribution in [0.15, 0.2) is 42.5 Å². The largest absolute Gasteiger partial charge is 0.544 e. The minimum Gasteiger partial charge on any atom is -0.544 e. The van der Waals surface area contributed by atoms with E-state index in [1.165, 1.54) is 5.56 Å². The highest BCUT2D eigenvalue weighted by Gasteiger charge is 2.20. The Labute approximate surface area is 169 Å². The monoisotopic (exact) mass is 394 g/mol. The summed E-state index contributed by atoms with van der Waals surface area (Å²) in [5.74, 6) is -0.243. The van der Waals surface area contributed by atoms with E-state index in [2.05, 4.69) is 50.9 Å². The fourth-order valence-electron chi connectivity index (χ4n) is 3.04. The Kier molecular flexibility index (Phi) is 5.57. The molecule has 1 aromatic heterocycles. The van der Waals surface area contributed by atoms with Crippen molar-refractivity contribution in [2.24, 2.45) is 0 Å². The summed E-state index contributed by atoms with van der Waals surface area (Å²) in [4.78, 5) is 15.6. The summed E-state index contributed by atoms with van der Waals surface area (Å²) in [6.07, 6.45) is 0. The van der Waals surface area contributed by atoms with E-state index in [0.29, 0.717) is 17.3 Å². The molecule has 0 aliphatic carbocycles. The van der Waals surface area contributed by atoms with Crippen molar-refractivity contribution in [3.05, 3.63) is 69.7 Å². The maximum absolute atomic E-state index is 11.1. The second-order valence-corrected chi connectivity index (χ2v) is 8.91. The number of para-hydroxylation sites is 1. The highest BCUT2D eigenvalue weighted by Crippen LogP contribution is 2.34. The van der Waals surface area contributed by atoms with Crippen LogP contribution in [0.4, 0.5) is 0 Å². The molecule has 0 fully saturated rings. The second kappa shape index (κ2) is 7.76. The lowest BCUT2D eigenvalue weighted by molar-refractivity contribution is -0.254. The van der Waals surface area contributed by atoms with Crippen molar-refractivity contribution < 1.29 is 14.6 Å². The van der Waals surface area contributed by atoms with Gasteiger partial charge in [-0.1, -0.05) is 63.2 Å². The lowest BCUT2D eigenvalue weighted by Gasteiger charge is -2.24. The molecule has 5 heteroatoms. The molecule has 146 valence electrons. The maximum atomic E-state index is 11.1. The predicted octanol–water partition coefficient (Wildman–Crippen LogP) is 4.67. The lowest BCUT2D eigenvalue weighted by Crippen LogP contribution is -2.21. The highest BCUT2D eigenvalue weighted by molar-refractivity contribution is 7.17. The molecule has 0 bridgehead atoms. The van der Waals surface area contributed by atoms with Gasteiger partial charge in [-0.05, 0) is 36.0 Å². The zero-order valence-corrected chi connectivity index (χ0v) is 17.6. The summed E-state index contributed by atoms with van der Waals surface area (Å²) < 4.78 is 6.18. The van der Waals surface area contributed by atoms with Crippen LogP contribution >= 0.6 is 11.3 Å². The van der Waals surface area contributed by atoms with Gasteiger partial charge in [0.1, 0.15) is 17.4 Å². The van der Waals surface area contributed by atoms with E-state index in [0.717, 1.165) is 33.8 Å². The molecule has 1 heterocycles. The van der Waals surface area contributed by atoms with Gasteiger partial charge >= 0.3 is 0 Å². The maximum Gasteiger partial charge on any atom is 0.126 e. The van der Waals surface area contributed by atoms with E-state index in [4.69, 9.17) is 4.74 Å². The highest BCUT2D eigenvalue weighted by atomic mass is 32.1. The molecule has 0 unspecified atom stereocenters. The van der Waals surface area contributed by atoms with Crippen molar-refractivity contribution in [2.75, 3.05) is 0 Å². The number of aryl methyl sites for hydroxylation is 2. The number of aromatic carboxylic acids is 1. The molecule has 0 amide bonds. The zero-order valence-electron chi connectivity index (χ0n) is 16.8. The molecule has 28 heavy (non-hydrogen) atoms. The van der Waals surface area contributed by atoms with Gasteiger partial charge in [0.2, 0.25) is 0 Å². The SMILES string of the molecule is Cc1cccc(C(C)(C)C)c1OCc1ccc(-c2nc(C)c(C(=O)[O-])s2)cc1. The third kappa shape index (κ3) is 4.25. The molecule has 0 aliphatic rings. The second-order valence-electron chi connectivity index (χ2n) is 7.91. The van der Waals surface area contributed by atoms with Crippen molar-refractivity contribution in [3.8, 4) is 16.3 Å². The number of hydrogen-bond donors (Lipinski definition) is 0. The van der Waals surface area contributed by atoms with Crippen LogP contribution in [0.5, 0.6) is 5.75 Å². The summed E-state index contributed by atoms with van der Waals surface area (Å²) in [6, 6.07) is 14.1. The van der Waals surface area contributed by atoms with Crippen molar-refractivity contribution in [1.82, 2.24) is 4.98 Å². The first-order valence-corrected chi connectivity index (χ1v) is 9.99. The number of hydrogen-bond acceptors (Lipinski definition) is 5. The number of carboxylic acids is 1. The van der Waals surface area contributed by atoms with Gasteiger partial charge in [-0.25, -0.2) is 4.98 Å². The van der Waals surface area contributed by atoms with Crippen molar-refractivity contribution >= 4 is 17.3 Å². The molecule has 0 radical (unpaired) electrons. The van der Waals surface area contributed by atoms with Crippen LogP contribution in [0.3, 0.4) is 0 Å². The number of rotatable bonds is 5. The molecule has 0 spiro atoms. The van der Waals surface area contributed by atoms with E-state index < -0.39 is 5.97 Å². The van der Waals surface area contributed by atoms with Gasteiger partial charge in [0.15, 0.2) is 0 Å². The van der Waals surface area contributed by atoms with E-state index >= 15 is 0 Å². The van der Waals surface area contributed by atoms with Gasteiger partial charge in [0.05, 0.1) is 16.5 Å². The average Bonchev–Trinajstić information content (AvgIpc) is 3.02. The van der Waals surface area contributed by atoms with Gasteiger partial charge in [-0.2, -0.15) is 0 Å². The third-order valence-electron chi connectivity index (χ3n) is 4.59. The molecule has 0 aliphatic heterocycles. The van der Waals surface area contributed by atoms with Crippen LogP contribution in [0.2, 0.25) is 0 Å². The Morgan fingerprint density at radius 1 is 1.11 bits per heavy atom. The Morgan fingerprint density at radius 3 is 2.36 bits per heavy atom. The molecule has 2 aromatic carbocycles. The first-order valence-electron chi connectivity index (χ1n) is 9.18. The molecule has 0 saturated heterocycles. The first kappa shape index (κ1) is 20.1. The quantitative estimate of drug-likeness (QED) is 0.631. The standard InChI is InChI=1S/C23H25NO3S/c1-14-7-6-8-18(23(3,4)5)19(14)27-13-16-9-11-17(12-10-16)21-24-15(2)20(28-21)22(25)26/h6-12H,13H2,1-5H3,(H,25,26)/p-1. The number of carbonyl (C=O) groups excluding carboxylic acids is 1. The van der Waals surface area contributed by atoms with Crippen molar-refractivity contribution in [3.63, 3.8) is 0 Å². The van der Waals surface area contributed by atoms with Crippen LogP contribution in [0, 0.1) is 13.8 Å². The number of nitrogens with zero attached hydrogens (tertiary/aromatic N) is 1. The van der Waals surface area contributed by atoms with Crippen molar-refractivity contribution in [1.29, 1.82) is 0 Å². The van der Waals surface area contributed by atoms with Gasteiger partial charge in [-0.3, -0.25) is 0 Å². The average molecular weight is 395 g/mol. The number of ether oxygens (including phenoxy) is 1. The fraction of sp³-hybridized carbons (Fsp3) is 0.304. The van der Waals surface area contributed by atoms with Crippen LogP contribution in [0.25, 0.3) is 10.6 Å². The van der Waals surface area contributed by atoms with E-state index in [-0.39, 0.29) is 10.3 Å². The Balaban J connectivity index is 1.78. The first-order chi connectivity index (χ1) is 13.2. The molecule has 3 rings (SSSR count). The molecular formula is C23H24NO3S-. The van der Waals surface area contributed by atoms with Gasteiger partial charge in [0.25, 0.3) is 0 Å². The van der Waals surface area contributed by atoms with Crippen LogP contribution in [-0.2, 0) is 12.0 Å². The molecule has 0 N–H and O–H groups in total. The summed E-state index contributed by atoms with van der Waals surface area (Å²) in [5.41, 5.74) is 4.73. The number of thiazole rings is 1. The van der Waals surface area contributed by atoms with E-state index in [1.54, 1.807) is 6.92 Å². The number of benzene rings is 2. The van der Waals surface area contributed by atoms with Crippen molar-refractivity contribution in [2.45, 2.75) is 46.6 Å². The molecular weight excluding hydrogens is 370 g/mol. The number of carbonyl (C=O) groups is 1. The Morgan fingerprint density at radius 2 is 1.79 bits per heavy atom. The van der Waals surface area contributed by atoms with E-state index in [1.807, 2.05) is 24.3 Å². The minimum atomic E-state index is -1.18. The third-order valence-corrected chi connectivity index (χ3v) is 5.77. The van der Waals surface area contributed by atoms with Crippen LogP contribution < -0.4 is 9.84 Å². The Bertz CT molecular complexity index is 998. The molecule has 3 aromatic rings. The predicted molar refractivity (Wildman–Crippen MR) is 111 cm³/mol. The van der Waals surface area contributed by atoms with E-state index in [9.17, 15) is 9.90 Å². The summed E-state index contributed by atoms with van der Waals surface area (Å²) >= 11 is 1.14. The van der Waals surface area contributed by atoms with Gasteiger partial charge in [-0.15, -0.1) is 11.3 Å². The van der Waals surface area contributed by atoms with Crippen LogP contribution in [0.1, 0.15) is 52.8 Å². The molecule has 4 nitrogen and oxygen atoms in total. The summed E-state index contributed by atoms with van der Waals surface area (Å²) in [6.45, 7) is 10.8. The minimum absolute atomic E-state index is 0.00458. The van der Waals surface area contributed by atoms with Crippen LogP contribution in [-0.4, -0.2) is 11.0 Å². The lowest BCUT2D eigenvalue weighted by atomic mass is 9.85. The summed E-state index contributed by atoms with van der Waals surface area (Å²) in [7, 11) is 0. The number of carboxylic acid groups (broad SMARTS) is 1. The van der Waals surface area contributed by atoms with Gasteiger partial charge in [0, 0.05) is 5.56 Å². The number of aromatic nitrogens is 1. The smallest absolute Gasteiger partial charge is 0.126 e. The molecule has 0 atom stereocenters. The fourth-order valence-corrected chi connectivity index (χ4v) is 3.95. The zero-order chi connectivity index (χ0) is 20.5. The molecule has 0 saturated carbocycles.